The van der Waals surface area contributed by atoms with E-state index in [4.69, 9.17) is 0 Å². The molecule has 114 valence electrons. The van der Waals surface area contributed by atoms with E-state index in [2.05, 4.69) is 6.92 Å². The minimum Gasteiger partial charge on any atom is -0.748 e. The predicted octanol–water partition coefficient (Wildman–Crippen LogP) is 4.60. The molecule has 3 aromatic carbocycles. The Morgan fingerprint density at radius 2 is 1.57 bits per heavy atom. The van der Waals surface area contributed by atoms with E-state index in [1.165, 1.54) is 5.56 Å². The second-order valence-corrected chi connectivity index (χ2v) is 4.52. The van der Waals surface area contributed by atoms with Crippen LogP contribution in [0.15, 0.2) is 78.9 Å². The number of aryl methyl sites for hydroxylation is 1. The van der Waals surface area contributed by atoms with Crippen LogP contribution >= 0.6 is 0 Å². The third kappa shape index (κ3) is 5.18. The van der Waals surface area contributed by atoms with Crippen molar-refractivity contribution in [2.24, 2.45) is 0 Å². The summed E-state index contributed by atoms with van der Waals surface area (Å²) < 4.78 is 0. The topological polar surface area (TPSA) is 17.1 Å². The predicted molar refractivity (Wildman–Crippen MR) is 83.3 cm³/mol. The van der Waals surface area contributed by atoms with Gasteiger partial charge in [0.25, 0.3) is 0 Å². The van der Waals surface area contributed by atoms with E-state index in [0.29, 0.717) is 0 Å². The molecule has 0 heterocycles. The summed E-state index contributed by atoms with van der Waals surface area (Å²) in [6, 6.07) is 25.3. The summed E-state index contributed by atoms with van der Waals surface area (Å²) in [6.45, 7) is 2.09. The third-order valence-corrected chi connectivity index (χ3v) is 3.08. The molecule has 0 fully saturated rings. The molecule has 0 aliphatic carbocycles. The van der Waals surface area contributed by atoms with E-state index >= 15 is 0 Å². The number of hydrogen-bond donors (Lipinski definition) is 0. The molecule has 0 radical (unpaired) electrons. The van der Waals surface area contributed by atoms with Crippen molar-refractivity contribution in [1.29, 1.82) is 0 Å². The second-order valence-electron chi connectivity index (χ2n) is 4.52. The number of rotatable bonds is 3. The smallest absolute Gasteiger partial charge is 0.112 e. The first-order valence-electron chi connectivity index (χ1n) is 6.83. The molecule has 0 bridgehead atoms. The summed E-state index contributed by atoms with van der Waals surface area (Å²) in [5.41, 5.74) is 2.75. The maximum atomic E-state index is 12.0. The van der Waals surface area contributed by atoms with Gasteiger partial charge in [-0.1, -0.05) is 42.3 Å². The molecule has 2 heteroatoms. The number of ketones is 1. The molecule has 0 N–H and O–H groups in total. The fourth-order valence-corrected chi connectivity index (χ4v) is 1.95. The van der Waals surface area contributed by atoms with Gasteiger partial charge in [0.2, 0.25) is 0 Å². The summed E-state index contributed by atoms with van der Waals surface area (Å²) >= 11 is 0. The summed E-state index contributed by atoms with van der Waals surface area (Å²) in [6.07, 6.45) is 0.960. The first-order chi connectivity index (χ1) is 9.81. The fraction of sp³-hybridized carbons (Fsp3) is 0.105. The molecule has 0 aliphatic rings. The van der Waals surface area contributed by atoms with Crippen molar-refractivity contribution in [3.05, 3.63) is 95.6 Å². The maximum absolute atomic E-state index is 12.0. The average molecular weight is 318 g/mol. The molecule has 21 heavy (non-hydrogen) atoms. The fourth-order valence-electron chi connectivity index (χ4n) is 1.95. The summed E-state index contributed by atoms with van der Waals surface area (Å²) in [5.74, 6) is 0.107. The van der Waals surface area contributed by atoms with Crippen LogP contribution in [0.2, 0.25) is 0 Å². The van der Waals surface area contributed by atoms with Crippen LogP contribution in [-0.2, 0) is 23.5 Å². The third-order valence-electron chi connectivity index (χ3n) is 3.08. The minimum atomic E-state index is 0. The van der Waals surface area contributed by atoms with Gasteiger partial charge in [-0.05, 0) is 12.0 Å². The summed E-state index contributed by atoms with van der Waals surface area (Å²) in [7, 11) is 0. The molecule has 1 nitrogen and oxygen atoms in total. The van der Waals surface area contributed by atoms with Crippen molar-refractivity contribution in [2.75, 3.05) is 0 Å². The van der Waals surface area contributed by atoms with Crippen LogP contribution in [-0.4, -0.2) is 5.78 Å². The van der Waals surface area contributed by atoms with Crippen molar-refractivity contribution in [3.8, 4) is 0 Å². The molecule has 0 spiro atoms. The molecule has 0 saturated heterocycles. The van der Waals surface area contributed by atoms with E-state index in [9.17, 15) is 4.79 Å². The number of hydrogen-bond acceptors (Lipinski definition) is 1. The van der Waals surface area contributed by atoms with Gasteiger partial charge in [-0.3, -0.25) is 0 Å². The monoisotopic (exact) mass is 318 g/mol. The largest absolute Gasteiger partial charge is 0.748 e. The minimum absolute atomic E-state index is 0. The van der Waals surface area contributed by atoms with Crippen LogP contribution < -0.4 is 0 Å². The first-order valence-corrected chi connectivity index (χ1v) is 6.83. The Kier molecular flexibility index (Phi) is 7.45. The Balaban J connectivity index is 0.000000313. The van der Waals surface area contributed by atoms with E-state index in [0.717, 1.165) is 17.5 Å². The van der Waals surface area contributed by atoms with Gasteiger partial charge in [0.15, 0.2) is 0 Å². The molecule has 0 aromatic heterocycles. The van der Waals surface area contributed by atoms with Crippen molar-refractivity contribution in [3.63, 3.8) is 0 Å². The molecule has 0 saturated carbocycles. The van der Waals surface area contributed by atoms with Crippen LogP contribution in [0.4, 0.5) is 0 Å². The van der Waals surface area contributed by atoms with Gasteiger partial charge in [-0.25, -0.2) is 0 Å². The SMILES string of the molecule is CCc1cccc(C(=O)[c-]2cccc2)c1.[Fe].[cH-]1[cH-][cH-][cH-][cH-]1. The van der Waals surface area contributed by atoms with Gasteiger partial charge in [0.05, 0.1) is 0 Å². The van der Waals surface area contributed by atoms with E-state index in [1.807, 2.05) is 78.9 Å². The van der Waals surface area contributed by atoms with Crippen LogP contribution in [0.1, 0.15) is 28.4 Å². The molecule has 0 amide bonds. The van der Waals surface area contributed by atoms with Gasteiger partial charge in [-0.15, -0.1) is 12.1 Å². The van der Waals surface area contributed by atoms with Gasteiger partial charge in [0, 0.05) is 17.1 Å². The van der Waals surface area contributed by atoms with E-state index in [-0.39, 0.29) is 22.9 Å². The normalized spacial score (nSPS) is 9.19. The molecule has 3 aromatic rings. The molecular weight excluding hydrogens is 300 g/mol. The molecule has 3 rings (SSSR count). The summed E-state index contributed by atoms with van der Waals surface area (Å²) in [4.78, 5) is 12.0. The Bertz CT molecular complexity index is 604. The molecular formula is C19H18FeO-6. The zero-order chi connectivity index (χ0) is 14.2. The summed E-state index contributed by atoms with van der Waals surface area (Å²) in [5, 5.41) is 0. The van der Waals surface area contributed by atoms with Crippen LogP contribution in [0.25, 0.3) is 0 Å². The Morgan fingerprint density at radius 3 is 2.10 bits per heavy atom. The number of carbonyl (C=O) groups excluding carboxylic acids is 1. The Morgan fingerprint density at radius 1 is 1.00 bits per heavy atom. The second kappa shape index (κ2) is 9.12. The quantitative estimate of drug-likeness (QED) is 0.392. The number of carbonyl (C=O) groups is 1. The van der Waals surface area contributed by atoms with E-state index in [1.54, 1.807) is 0 Å². The zero-order valence-electron chi connectivity index (χ0n) is 12.0. The van der Waals surface area contributed by atoms with Gasteiger partial charge < -0.3 is 35.1 Å². The number of benzene rings is 1. The Hall–Kier alpha value is -1.89. The zero-order valence-corrected chi connectivity index (χ0v) is 13.1. The van der Waals surface area contributed by atoms with Gasteiger partial charge >= 0.3 is 0 Å². The van der Waals surface area contributed by atoms with Gasteiger partial charge in [0.1, 0.15) is 5.78 Å². The van der Waals surface area contributed by atoms with Crippen molar-refractivity contribution < 1.29 is 21.9 Å². The Labute approximate surface area is 136 Å². The standard InChI is InChI=1S/C14H13O.C5H5.Fe/c1-2-11-6-5-9-13(10-11)14(15)12-7-3-4-8-12;1-2-4-5-3-1;/h3-10H,2H2,1H3;1-5H;/q-1;-5;. The van der Waals surface area contributed by atoms with Crippen LogP contribution in [0, 0.1) is 0 Å². The maximum Gasteiger partial charge on any atom is 0.112 e. The van der Waals surface area contributed by atoms with Crippen molar-refractivity contribution in [2.45, 2.75) is 13.3 Å². The molecule has 0 aliphatic heterocycles. The van der Waals surface area contributed by atoms with Crippen LogP contribution in [0.5, 0.6) is 0 Å². The molecule has 0 unspecified atom stereocenters. The van der Waals surface area contributed by atoms with Gasteiger partial charge in [-0.2, -0.15) is 12.1 Å². The van der Waals surface area contributed by atoms with Crippen molar-refractivity contribution >= 4 is 5.78 Å². The average Bonchev–Trinajstić information content (AvgIpc) is 3.21. The molecule has 0 atom stereocenters. The van der Waals surface area contributed by atoms with E-state index < -0.39 is 0 Å². The first kappa shape index (κ1) is 17.2. The van der Waals surface area contributed by atoms with Crippen LogP contribution in [0.3, 0.4) is 0 Å². The van der Waals surface area contributed by atoms with Crippen molar-refractivity contribution in [1.82, 2.24) is 0 Å².